The van der Waals surface area contributed by atoms with E-state index in [1.54, 1.807) is 46.9 Å². The Morgan fingerprint density at radius 2 is 1.76 bits per heavy atom. The van der Waals surface area contributed by atoms with Crippen LogP contribution in [0.15, 0.2) is 48.2 Å². The quantitative estimate of drug-likeness (QED) is 0.234. The highest BCUT2D eigenvalue weighted by Crippen LogP contribution is 2.36. The summed E-state index contributed by atoms with van der Waals surface area (Å²) in [4.78, 5) is 59.3. The van der Waals surface area contributed by atoms with Gasteiger partial charge in [-0.05, 0) is 39.8 Å². The number of anilines is 1. The molecule has 3 amide bonds. The highest BCUT2D eigenvalue weighted by Gasteiger charge is 2.20. The number of methoxy groups -OCH3 is 1. The first-order chi connectivity index (χ1) is 20.1. The average molecular weight is 591 g/mol. The second-order valence-electron chi connectivity index (χ2n) is 9.77. The number of aromatic nitrogens is 5. The molecule has 4 aromatic heterocycles. The maximum absolute atomic E-state index is 12.8. The Morgan fingerprint density at radius 3 is 2.50 bits per heavy atom. The van der Waals surface area contributed by atoms with Crippen LogP contribution >= 0.6 is 11.3 Å². The second-order valence-corrected chi connectivity index (χ2v) is 10.6. The van der Waals surface area contributed by atoms with Gasteiger partial charge in [0.1, 0.15) is 27.8 Å². The van der Waals surface area contributed by atoms with Crippen molar-refractivity contribution in [3.63, 3.8) is 0 Å². The van der Waals surface area contributed by atoms with Gasteiger partial charge in [-0.2, -0.15) is 0 Å². The van der Waals surface area contributed by atoms with E-state index in [2.05, 4.69) is 35.9 Å². The third-order valence-corrected chi connectivity index (χ3v) is 6.28. The summed E-state index contributed by atoms with van der Waals surface area (Å²) < 4.78 is 10.4. The summed E-state index contributed by atoms with van der Waals surface area (Å²) >= 11 is 1.36. The van der Waals surface area contributed by atoms with Gasteiger partial charge in [-0.1, -0.05) is 6.07 Å². The third kappa shape index (κ3) is 7.81. The van der Waals surface area contributed by atoms with Crippen LogP contribution in [0.5, 0.6) is 5.88 Å². The van der Waals surface area contributed by atoms with Crippen LogP contribution in [0.4, 0.5) is 15.4 Å². The topological polar surface area (TPSA) is 170 Å². The monoisotopic (exact) mass is 590 g/mol. The summed E-state index contributed by atoms with van der Waals surface area (Å²) in [7, 11) is 1.54. The third-order valence-electron chi connectivity index (χ3n) is 5.40. The van der Waals surface area contributed by atoms with E-state index in [1.165, 1.54) is 29.9 Å². The number of nitrogens with zero attached hydrogens (tertiary/aromatic N) is 5. The van der Waals surface area contributed by atoms with E-state index in [0.717, 1.165) is 0 Å². The number of nitrogens with one attached hydrogen (secondary N) is 3. The number of hydrogen-bond donors (Lipinski definition) is 3. The number of ketones is 1. The number of hydrogen-bond acceptors (Lipinski definition) is 11. The summed E-state index contributed by atoms with van der Waals surface area (Å²) in [5.41, 5.74) is 2.06. The van der Waals surface area contributed by atoms with Crippen LogP contribution in [0, 0.1) is 0 Å². The Morgan fingerprint density at radius 1 is 0.952 bits per heavy atom. The molecule has 0 unspecified atom stereocenters. The standard InChI is InChI=1S/C28H30N8O5S/c1-6-30-26(38)36-23-10-16(25-35-21(15-42-25)18-8-7-9-24(34-18)40-5)17(11-31-23)19-12-29-13-20(33-19)22(37)14-32-27(39)41-28(2,3)4/h7-13,15H,6,14H2,1-5H3,(H,32,39)(H2,30,31,36,38). The number of carbonyl (C=O) groups excluding carboxylic acids is 3. The zero-order valence-corrected chi connectivity index (χ0v) is 24.5. The maximum Gasteiger partial charge on any atom is 0.408 e. The number of thiazole rings is 1. The molecule has 0 radical (unpaired) electrons. The number of pyridine rings is 2. The fraction of sp³-hybridized carbons (Fsp3) is 0.286. The number of ether oxygens (including phenoxy) is 2. The fourth-order valence-corrected chi connectivity index (χ4v) is 4.44. The second kappa shape index (κ2) is 13.1. The van der Waals surface area contributed by atoms with Gasteiger partial charge in [-0.3, -0.25) is 15.1 Å². The lowest BCUT2D eigenvalue weighted by molar-refractivity contribution is 0.0520. The summed E-state index contributed by atoms with van der Waals surface area (Å²) in [6, 6.07) is 6.65. The van der Waals surface area contributed by atoms with Crippen LogP contribution in [0.25, 0.3) is 33.2 Å². The highest BCUT2D eigenvalue weighted by molar-refractivity contribution is 7.13. The number of rotatable bonds is 9. The lowest BCUT2D eigenvalue weighted by Crippen LogP contribution is -2.35. The predicted octanol–water partition coefficient (Wildman–Crippen LogP) is 4.58. The first-order valence-corrected chi connectivity index (χ1v) is 13.8. The molecule has 4 aromatic rings. The Balaban J connectivity index is 1.67. The largest absolute Gasteiger partial charge is 0.481 e. The molecule has 0 atom stereocenters. The van der Waals surface area contributed by atoms with Gasteiger partial charge in [0.25, 0.3) is 0 Å². The van der Waals surface area contributed by atoms with Gasteiger partial charge in [-0.25, -0.2) is 29.5 Å². The van der Waals surface area contributed by atoms with Gasteiger partial charge < -0.3 is 20.1 Å². The van der Waals surface area contributed by atoms with Crippen LogP contribution < -0.4 is 20.7 Å². The molecule has 0 aliphatic rings. The van der Waals surface area contributed by atoms with Crippen molar-refractivity contribution in [3.05, 3.63) is 53.9 Å². The normalized spacial score (nSPS) is 11.0. The molecule has 218 valence electrons. The minimum atomic E-state index is -0.716. The zero-order valence-electron chi connectivity index (χ0n) is 23.7. The molecule has 0 spiro atoms. The van der Waals surface area contributed by atoms with Crippen molar-refractivity contribution in [2.45, 2.75) is 33.3 Å². The maximum atomic E-state index is 12.8. The number of urea groups is 1. The van der Waals surface area contributed by atoms with Crippen LogP contribution in [0.2, 0.25) is 0 Å². The lowest BCUT2D eigenvalue weighted by Gasteiger charge is -2.19. The Bertz CT molecular complexity index is 1600. The van der Waals surface area contributed by atoms with Gasteiger partial charge >= 0.3 is 12.1 Å². The van der Waals surface area contributed by atoms with E-state index >= 15 is 0 Å². The van der Waals surface area contributed by atoms with Gasteiger partial charge in [0.15, 0.2) is 0 Å². The van der Waals surface area contributed by atoms with E-state index in [-0.39, 0.29) is 18.1 Å². The Hall–Kier alpha value is -4.98. The average Bonchev–Trinajstić information content (AvgIpc) is 3.46. The minimum Gasteiger partial charge on any atom is -0.481 e. The van der Waals surface area contributed by atoms with Crippen molar-refractivity contribution in [1.82, 2.24) is 35.6 Å². The molecular weight excluding hydrogens is 560 g/mol. The fourth-order valence-electron chi connectivity index (χ4n) is 3.60. The molecule has 0 bridgehead atoms. The number of alkyl carbamates (subject to hydrolysis) is 1. The summed E-state index contributed by atoms with van der Waals surface area (Å²) in [6.07, 6.45) is 3.62. The molecule has 4 heterocycles. The molecule has 14 heteroatoms. The smallest absolute Gasteiger partial charge is 0.408 e. The molecule has 0 fully saturated rings. The van der Waals surface area contributed by atoms with Crippen molar-refractivity contribution >= 4 is 35.1 Å². The van der Waals surface area contributed by atoms with Gasteiger partial charge in [-0.15, -0.1) is 11.3 Å². The SMILES string of the molecule is CCNC(=O)Nc1cc(-c2nc(-c3cccc(OC)n3)cs2)c(-c2cncc(C(=O)CNC(=O)OC(C)(C)C)n2)cn1. The van der Waals surface area contributed by atoms with Gasteiger partial charge in [0.2, 0.25) is 11.7 Å². The number of Topliss-reactive ketones (excluding diaryl/α,β-unsaturated/α-hetero) is 1. The van der Waals surface area contributed by atoms with Gasteiger partial charge in [0, 0.05) is 35.3 Å². The zero-order chi connectivity index (χ0) is 30.3. The van der Waals surface area contributed by atoms with E-state index in [9.17, 15) is 14.4 Å². The first kappa shape index (κ1) is 30.0. The summed E-state index contributed by atoms with van der Waals surface area (Å²) in [6.45, 7) is 7.11. The van der Waals surface area contributed by atoms with Crippen molar-refractivity contribution in [2.75, 3.05) is 25.5 Å². The molecule has 4 rings (SSSR count). The van der Waals surface area contributed by atoms with Crippen molar-refractivity contribution in [2.24, 2.45) is 0 Å². The molecule has 0 saturated heterocycles. The summed E-state index contributed by atoms with van der Waals surface area (Å²) in [5, 5.41) is 10.3. The van der Waals surface area contributed by atoms with E-state index in [0.29, 0.717) is 45.6 Å². The van der Waals surface area contributed by atoms with Crippen LogP contribution in [-0.4, -0.2) is 68.6 Å². The highest BCUT2D eigenvalue weighted by atomic mass is 32.1. The Labute approximate surface area is 246 Å². The molecule has 0 aliphatic carbocycles. The van der Waals surface area contributed by atoms with E-state index < -0.39 is 23.5 Å². The lowest BCUT2D eigenvalue weighted by atomic mass is 10.1. The van der Waals surface area contributed by atoms with E-state index in [4.69, 9.17) is 14.5 Å². The van der Waals surface area contributed by atoms with E-state index in [1.807, 2.05) is 17.5 Å². The number of carbonyl (C=O) groups is 3. The summed E-state index contributed by atoms with van der Waals surface area (Å²) in [5.74, 6) is 0.288. The molecular formula is C28H30N8O5S. The predicted molar refractivity (Wildman–Crippen MR) is 157 cm³/mol. The molecule has 3 N–H and O–H groups in total. The molecule has 0 aliphatic heterocycles. The van der Waals surface area contributed by atoms with Gasteiger partial charge in [0.05, 0.1) is 37.4 Å². The Kier molecular flexibility index (Phi) is 9.37. The first-order valence-electron chi connectivity index (χ1n) is 12.9. The van der Waals surface area contributed by atoms with Crippen molar-refractivity contribution < 1.29 is 23.9 Å². The molecule has 0 aromatic carbocycles. The molecule has 13 nitrogen and oxygen atoms in total. The minimum absolute atomic E-state index is 0.0412. The van der Waals surface area contributed by atoms with Crippen LogP contribution in [-0.2, 0) is 4.74 Å². The van der Waals surface area contributed by atoms with Crippen molar-refractivity contribution in [1.29, 1.82) is 0 Å². The van der Waals surface area contributed by atoms with Crippen LogP contribution in [0.3, 0.4) is 0 Å². The number of amides is 3. The molecule has 42 heavy (non-hydrogen) atoms. The van der Waals surface area contributed by atoms with Crippen LogP contribution in [0.1, 0.15) is 38.2 Å². The van der Waals surface area contributed by atoms with Crippen molar-refractivity contribution in [3.8, 4) is 39.1 Å². The molecule has 0 saturated carbocycles.